The molecule has 2 aromatic rings. The molecule has 0 spiro atoms. The van der Waals surface area contributed by atoms with Gasteiger partial charge < -0.3 is 11.1 Å². The van der Waals surface area contributed by atoms with Crippen LogP contribution >= 0.6 is 27.3 Å². The molecule has 1 heterocycles. The lowest BCUT2D eigenvalue weighted by Gasteiger charge is -1.98. The second-order valence-corrected chi connectivity index (χ2v) is 5.07. The molecule has 1 amide bonds. The van der Waals surface area contributed by atoms with Crippen LogP contribution in [-0.2, 0) is 4.79 Å². The van der Waals surface area contributed by atoms with Gasteiger partial charge in [-0.25, -0.2) is 4.98 Å². The van der Waals surface area contributed by atoms with Crippen LogP contribution in [0.4, 0.5) is 5.13 Å². The lowest BCUT2D eigenvalue weighted by atomic mass is 10.2. The number of halogens is 1. The van der Waals surface area contributed by atoms with Crippen LogP contribution in [0, 0.1) is 0 Å². The number of carbonyl (C=O) groups excluding carboxylic acids is 1. The van der Waals surface area contributed by atoms with Crippen LogP contribution in [0.15, 0.2) is 34.1 Å². The van der Waals surface area contributed by atoms with E-state index in [-0.39, 0.29) is 12.5 Å². The van der Waals surface area contributed by atoms with Crippen LogP contribution < -0.4 is 11.1 Å². The molecule has 0 saturated heterocycles. The monoisotopic (exact) mass is 311 g/mol. The van der Waals surface area contributed by atoms with Gasteiger partial charge in [0, 0.05) is 15.4 Å². The van der Waals surface area contributed by atoms with Gasteiger partial charge in [-0.1, -0.05) is 28.1 Å². The molecule has 0 aliphatic carbocycles. The zero-order valence-electron chi connectivity index (χ0n) is 8.81. The van der Waals surface area contributed by atoms with Crippen molar-refractivity contribution in [2.45, 2.75) is 0 Å². The highest BCUT2D eigenvalue weighted by Crippen LogP contribution is 2.25. The van der Waals surface area contributed by atoms with E-state index in [0.717, 1.165) is 15.7 Å². The van der Waals surface area contributed by atoms with E-state index in [1.54, 1.807) is 0 Å². The van der Waals surface area contributed by atoms with Crippen LogP contribution in [-0.4, -0.2) is 17.4 Å². The molecule has 0 saturated carbocycles. The second-order valence-electron chi connectivity index (χ2n) is 3.30. The fraction of sp³-hybridized carbons (Fsp3) is 0.0909. The zero-order valence-corrected chi connectivity index (χ0v) is 11.2. The molecule has 0 unspecified atom stereocenters. The smallest absolute Gasteiger partial charge is 0.239 e. The summed E-state index contributed by atoms with van der Waals surface area (Å²) in [5.41, 5.74) is 7.07. The van der Waals surface area contributed by atoms with Crippen molar-refractivity contribution < 1.29 is 4.79 Å². The minimum atomic E-state index is -0.235. The first-order valence-corrected chi connectivity index (χ1v) is 6.57. The molecule has 6 heteroatoms. The van der Waals surface area contributed by atoms with Crippen molar-refractivity contribution >= 4 is 38.3 Å². The van der Waals surface area contributed by atoms with Gasteiger partial charge in [-0.15, -0.1) is 11.3 Å². The van der Waals surface area contributed by atoms with E-state index in [0.29, 0.717) is 5.13 Å². The van der Waals surface area contributed by atoms with Crippen molar-refractivity contribution in [2.24, 2.45) is 5.73 Å². The molecule has 4 nitrogen and oxygen atoms in total. The highest BCUT2D eigenvalue weighted by atomic mass is 79.9. The number of carbonyl (C=O) groups is 1. The third kappa shape index (κ3) is 3.12. The number of nitrogens with zero attached hydrogens (tertiary/aromatic N) is 1. The second kappa shape index (κ2) is 5.39. The predicted molar refractivity (Wildman–Crippen MR) is 72.9 cm³/mol. The van der Waals surface area contributed by atoms with Crippen LogP contribution in [0.3, 0.4) is 0 Å². The Bertz CT molecular complexity index is 524. The molecule has 17 heavy (non-hydrogen) atoms. The summed E-state index contributed by atoms with van der Waals surface area (Å²) in [6.07, 6.45) is 0. The van der Waals surface area contributed by atoms with E-state index in [1.807, 2.05) is 29.6 Å². The summed E-state index contributed by atoms with van der Waals surface area (Å²) in [6, 6.07) is 7.83. The maximum Gasteiger partial charge on any atom is 0.239 e. The number of benzene rings is 1. The molecule has 3 N–H and O–H groups in total. The van der Waals surface area contributed by atoms with E-state index in [9.17, 15) is 4.79 Å². The zero-order chi connectivity index (χ0) is 12.3. The SMILES string of the molecule is NCC(=O)Nc1nc(-c2ccc(Br)cc2)cs1. The molecule has 1 aromatic carbocycles. The van der Waals surface area contributed by atoms with Gasteiger partial charge in [0.25, 0.3) is 0 Å². The number of hydrogen-bond acceptors (Lipinski definition) is 4. The molecule has 0 atom stereocenters. The molecule has 0 radical (unpaired) electrons. The number of nitrogens with one attached hydrogen (secondary N) is 1. The molecule has 0 fully saturated rings. The molecular formula is C11H10BrN3OS. The number of aromatic nitrogens is 1. The van der Waals surface area contributed by atoms with Gasteiger partial charge >= 0.3 is 0 Å². The van der Waals surface area contributed by atoms with Gasteiger partial charge in [-0.05, 0) is 12.1 Å². The fourth-order valence-corrected chi connectivity index (χ4v) is 2.25. The van der Waals surface area contributed by atoms with Gasteiger partial charge in [0.05, 0.1) is 12.2 Å². The molecule has 0 aliphatic rings. The Kier molecular flexibility index (Phi) is 3.88. The van der Waals surface area contributed by atoms with E-state index in [2.05, 4.69) is 26.2 Å². The molecule has 88 valence electrons. The lowest BCUT2D eigenvalue weighted by Crippen LogP contribution is -2.21. The minimum absolute atomic E-state index is 0.0345. The van der Waals surface area contributed by atoms with Crippen molar-refractivity contribution in [1.82, 2.24) is 4.98 Å². The van der Waals surface area contributed by atoms with Crippen molar-refractivity contribution in [3.63, 3.8) is 0 Å². The van der Waals surface area contributed by atoms with Crippen molar-refractivity contribution in [1.29, 1.82) is 0 Å². The maximum absolute atomic E-state index is 11.1. The van der Waals surface area contributed by atoms with Gasteiger partial charge in [0.1, 0.15) is 0 Å². The van der Waals surface area contributed by atoms with Gasteiger partial charge in [-0.3, -0.25) is 4.79 Å². The Morgan fingerprint density at radius 2 is 2.12 bits per heavy atom. The third-order valence-corrected chi connectivity index (χ3v) is 3.36. The Morgan fingerprint density at radius 1 is 1.41 bits per heavy atom. The van der Waals surface area contributed by atoms with E-state index in [4.69, 9.17) is 5.73 Å². The van der Waals surface area contributed by atoms with E-state index >= 15 is 0 Å². The number of rotatable bonds is 3. The topological polar surface area (TPSA) is 68.0 Å². The van der Waals surface area contributed by atoms with Crippen molar-refractivity contribution in [3.8, 4) is 11.3 Å². The average molecular weight is 312 g/mol. The minimum Gasteiger partial charge on any atom is -0.322 e. The maximum atomic E-state index is 11.1. The largest absolute Gasteiger partial charge is 0.322 e. The highest BCUT2D eigenvalue weighted by Gasteiger charge is 2.06. The lowest BCUT2D eigenvalue weighted by molar-refractivity contribution is -0.114. The number of nitrogens with two attached hydrogens (primary N) is 1. The first kappa shape index (κ1) is 12.2. The molecule has 1 aromatic heterocycles. The molecule has 2 rings (SSSR count). The Morgan fingerprint density at radius 3 is 2.76 bits per heavy atom. The Balaban J connectivity index is 2.18. The predicted octanol–water partition coefficient (Wildman–Crippen LogP) is 2.47. The van der Waals surface area contributed by atoms with Crippen LogP contribution in [0.25, 0.3) is 11.3 Å². The summed E-state index contributed by atoms with van der Waals surface area (Å²) in [7, 11) is 0. The standard InChI is InChI=1S/C11H10BrN3OS/c12-8-3-1-7(2-4-8)9-6-17-11(14-9)15-10(16)5-13/h1-4,6H,5,13H2,(H,14,15,16). The summed E-state index contributed by atoms with van der Waals surface area (Å²) in [4.78, 5) is 15.4. The van der Waals surface area contributed by atoms with Crippen LogP contribution in [0.2, 0.25) is 0 Å². The number of thiazole rings is 1. The van der Waals surface area contributed by atoms with Crippen molar-refractivity contribution in [2.75, 3.05) is 11.9 Å². The quantitative estimate of drug-likeness (QED) is 0.915. The first-order chi connectivity index (χ1) is 8.19. The summed E-state index contributed by atoms with van der Waals surface area (Å²) in [5.74, 6) is -0.235. The van der Waals surface area contributed by atoms with E-state index in [1.165, 1.54) is 11.3 Å². The summed E-state index contributed by atoms with van der Waals surface area (Å²) in [5, 5.41) is 5.09. The van der Waals surface area contributed by atoms with Crippen LogP contribution in [0.5, 0.6) is 0 Å². The molecular weight excluding hydrogens is 302 g/mol. The third-order valence-electron chi connectivity index (χ3n) is 2.08. The van der Waals surface area contributed by atoms with Crippen molar-refractivity contribution in [3.05, 3.63) is 34.1 Å². The Hall–Kier alpha value is -1.24. The number of anilines is 1. The number of amides is 1. The van der Waals surface area contributed by atoms with Gasteiger partial charge in [0.2, 0.25) is 5.91 Å². The highest BCUT2D eigenvalue weighted by molar-refractivity contribution is 9.10. The molecule has 0 aliphatic heterocycles. The Labute approximate surface area is 111 Å². The van der Waals surface area contributed by atoms with E-state index < -0.39 is 0 Å². The van der Waals surface area contributed by atoms with Crippen LogP contribution in [0.1, 0.15) is 0 Å². The number of hydrogen-bond donors (Lipinski definition) is 2. The first-order valence-electron chi connectivity index (χ1n) is 4.90. The summed E-state index contributed by atoms with van der Waals surface area (Å²) in [6.45, 7) is -0.0345. The average Bonchev–Trinajstić information content (AvgIpc) is 2.78. The fourth-order valence-electron chi connectivity index (χ4n) is 1.25. The molecule has 0 bridgehead atoms. The summed E-state index contributed by atoms with van der Waals surface area (Å²) >= 11 is 4.76. The van der Waals surface area contributed by atoms with Gasteiger partial charge in [-0.2, -0.15) is 0 Å². The summed E-state index contributed by atoms with van der Waals surface area (Å²) < 4.78 is 1.02. The van der Waals surface area contributed by atoms with Gasteiger partial charge in [0.15, 0.2) is 5.13 Å². The normalized spacial score (nSPS) is 10.2.